The molecule has 1 atom stereocenters. The topological polar surface area (TPSA) is 47.0 Å². The highest BCUT2D eigenvalue weighted by Gasteiger charge is 2.31. The summed E-state index contributed by atoms with van der Waals surface area (Å²) in [6, 6.07) is 9.50. The minimum absolute atomic E-state index is 0.192. The van der Waals surface area contributed by atoms with E-state index < -0.39 is 15.1 Å². The molecule has 0 radical (unpaired) electrons. The average Bonchev–Trinajstić information content (AvgIpc) is 2.43. The van der Waals surface area contributed by atoms with Gasteiger partial charge >= 0.3 is 0 Å². The number of benzene rings is 1. The first kappa shape index (κ1) is 15.7. The van der Waals surface area contributed by atoms with E-state index >= 15 is 0 Å². The molecule has 2 aromatic rings. The highest BCUT2D eigenvalue weighted by atomic mass is 32.2. The van der Waals surface area contributed by atoms with Crippen LogP contribution >= 0.6 is 0 Å². The predicted molar refractivity (Wildman–Crippen MR) is 85.1 cm³/mol. The molecule has 3 nitrogen and oxygen atoms in total. The van der Waals surface area contributed by atoms with Crippen LogP contribution in [0.25, 0.3) is 0 Å². The second-order valence-corrected chi connectivity index (χ2v) is 7.47. The molecule has 1 aromatic heterocycles. The summed E-state index contributed by atoms with van der Waals surface area (Å²) in [5, 5.41) is -0.358. The summed E-state index contributed by atoms with van der Waals surface area (Å²) < 4.78 is 26.0. The molecule has 4 heteroatoms. The van der Waals surface area contributed by atoms with Gasteiger partial charge in [0.25, 0.3) is 0 Å². The number of hydrogen-bond acceptors (Lipinski definition) is 3. The minimum Gasteiger partial charge on any atom is -0.244 e. The SMILES string of the molecule is CCC(c1cc(C)ccc1C)S(=O)(=O)c1ncccc1C. The van der Waals surface area contributed by atoms with Gasteiger partial charge in [0.05, 0.1) is 5.25 Å². The van der Waals surface area contributed by atoms with E-state index in [0.717, 1.165) is 16.7 Å². The fourth-order valence-electron chi connectivity index (χ4n) is 2.62. The molecule has 0 spiro atoms. The zero-order valence-electron chi connectivity index (χ0n) is 12.9. The van der Waals surface area contributed by atoms with Crippen molar-refractivity contribution in [2.75, 3.05) is 0 Å². The molecule has 0 bridgehead atoms. The fraction of sp³-hybridized carbons (Fsp3) is 0.353. The van der Waals surface area contributed by atoms with Gasteiger partial charge in [-0.1, -0.05) is 36.8 Å². The number of rotatable bonds is 4. The molecule has 1 aromatic carbocycles. The maximum Gasteiger partial charge on any atom is 0.202 e. The normalized spacial score (nSPS) is 13.1. The molecule has 0 saturated carbocycles. The Morgan fingerprint density at radius 1 is 1.10 bits per heavy atom. The smallest absolute Gasteiger partial charge is 0.202 e. The summed E-state index contributed by atoms with van der Waals surface area (Å²) in [5.41, 5.74) is 3.65. The van der Waals surface area contributed by atoms with Gasteiger partial charge in [0.1, 0.15) is 0 Å². The molecule has 112 valence electrons. The number of hydrogen-bond donors (Lipinski definition) is 0. The quantitative estimate of drug-likeness (QED) is 0.859. The molecule has 0 fully saturated rings. The summed E-state index contributed by atoms with van der Waals surface area (Å²) in [6.45, 7) is 7.63. The van der Waals surface area contributed by atoms with Crippen LogP contribution in [0.1, 0.15) is 40.8 Å². The maximum atomic E-state index is 13.0. The van der Waals surface area contributed by atoms with Gasteiger partial charge in [0, 0.05) is 6.20 Å². The molecule has 0 aliphatic heterocycles. The summed E-state index contributed by atoms with van der Waals surface area (Å²) in [6.07, 6.45) is 2.07. The lowest BCUT2D eigenvalue weighted by atomic mass is 10.0. The number of aryl methyl sites for hydroxylation is 3. The Bertz CT molecular complexity index is 751. The van der Waals surface area contributed by atoms with Crippen molar-refractivity contribution in [2.45, 2.75) is 44.4 Å². The summed E-state index contributed by atoms with van der Waals surface area (Å²) >= 11 is 0. The van der Waals surface area contributed by atoms with Crippen molar-refractivity contribution in [3.63, 3.8) is 0 Å². The largest absolute Gasteiger partial charge is 0.244 e. The van der Waals surface area contributed by atoms with Crippen LogP contribution in [0.4, 0.5) is 0 Å². The van der Waals surface area contributed by atoms with Crippen molar-refractivity contribution < 1.29 is 8.42 Å². The second-order valence-electron chi connectivity index (χ2n) is 5.43. The molecular weight excluding hydrogens is 282 g/mol. The Labute approximate surface area is 127 Å². The molecule has 0 aliphatic rings. The van der Waals surface area contributed by atoms with E-state index in [1.54, 1.807) is 19.1 Å². The molecule has 1 heterocycles. The van der Waals surface area contributed by atoms with Crippen molar-refractivity contribution in [3.05, 3.63) is 58.8 Å². The van der Waals surface area contributed by atoms with Crippen LogP contribution in [0, 0.1) is 20.8 Å². The molecular formula is C17H21NO2S. The predicted octanol–water partition coefficient (Wildman–Crippen LogP) is 3.93. The average molecular weight is 303 g/mol. The van der Waals surface area contributed by atoms with Gasteiger partial charge in [-0.25, -0.2) is 13.4 Å². The van der Waals surface area contributed by atoms with Crippen LogP contribution in [-0.2, 0) is 9.84 Å². The fourth-order valence-corrected chi connectivity index (χ4v) is 4.64. The first-order chi connectivity index (χ1) is 9.87. The van der Waals surface area contributed by atoms with Crippen LogP contribution < -0.4 is 0 Å². The molecule has 2 rings (SSSR count). The summed E-state index contributed by atoms with van der Waals surface area (Å²) in [4.78, 5) is 4.11. The van der Waals surface area contributed by atoms with Crippen molar-refractivity contribution >= 4 is 9.84 Å². The number of nitrogens with zero attached hydrogens (tertiary/aromatic N) is 1. The Kier molecular flexibility index (Phi) is 4.47. The van der Waals surface area contributed by atoms with Gasteiger partial charge in [-0.2, -0.15) is 0 Å². The molecule has 0 saturated heterocycles. The molecule has 0 aliphatic carbocycles. The van der Waals surface area contributed by atoms with Gasteiger partial charge in [-0.3, -0.25) is 0 Å². The zero-order chi connectivity index (χ0) is 15.6. The first-order valence-corrected chi connectivity index (χ1v) is 8.65. The second kappa shape index (κ2) is 5.98. The van der Waals surface area contributed by atoms with E-state index in [2.05, 4.69) is 4.98 Å². The lowest BCUT2D eigenvalue weighted by Gasteiger charge is -2.19. The summed E-state index contributed by atoms with van der Waals surface area (Å²) in [5.74, 6) is 0. The number of pyridine rings is 1. The van der Waals surface area contributed by atoms with Crippen LogP contribution in [0.15, 0.2) is 41.6 Å². The molecule has 0 amide bonds. The van der Waals surface area contributed by atoms with Crippen molar-refractivity contribution in [1.82, 2.24) is 4.98 Å². The lowest BCUT2D eigenvalue weighted by molar-refractivity contribution is 0.574. The van der Waals surface area contributed by atoms with Crippen LogP contribution in [0.5, 0.6) is 0 Å². The van der Waals surface area contributed by atoms with Gasteiger partial charge in [0.15, 0.2) is 5.03 Å². The Morgan fingerprint density at radius 3 is 2.43 bits per heavy atom. The lowest BCUT2D eigenvalue weighted by Crippen LogP contribution is -2.16. The zero-order valence-corrected chi connectivity index (χ0v) is 13.7. The first-order valence-electron chi connectivity index (χ1n) is 7.10. The number of sulfone groups is 1. The van der Waals surface area contributed by atoms with Gasteiger partial charge in [0.2, 0.25) is 9.84 Å². The highest BCUT2D eigenvalue weighted by Crippen LogP contribution is 2.34. The van der Waals surface area contributed by atoms with Crippen molar-refractivity contribution in [1.29, 1.82) is 0 Å². The summed E-state index contributed by atoms with van der Waals surface area (Å²) in [7, 11) is -3.49. The maximum absolute atomic E-state index is 13.0. The van der Waals surface area contributed by atoms with Gasteiger partial charge in [-0.15, -0.1) is 0 Å². The van der Waals surface area contributed by atoms with E-state index in [1.807, 2.05) is 39.0 Å². The van der Waals surface area contributed by atoms with Crippen LogP contribution in [0.2, 0.25) is 0 Å². The third-order valence-electron chi connectivity index (χ3n) is 3.76. The van der Waals surface area contributed by atoms with Gasteiger partial charge < -0.3 is 0 Å². The van der Waals surface area contributed by atoms with Crippen molar-refractivity contribution in [2.24, 2.45) is 0 Å². The Hall–Kier alpha value is -1.68. The molecule has 0 N–H and O–H groups in total. The van der Waals surface area contributed by atoms with Crippen molar-refractivity contribution in [3.8, 4) is 0 Å². The third kappa shape index (κ3) is 3.00. The minimum atomic E-state index is -3.49. The van der Waals surface area contributed by atoms with Gasteiger partial charge in [-0.05, 0) is 49.9 Å². The van der Waals surface area contributed by atoms with Crippen LogP contribution in [-0.4, -0.2) is 13.4 Å². The van der Waals surface area contributed by atoms with Crippen LogP contribution in [0.3, 0.4) is 0 Å². The highest BCUT2D eigenvalue weighted by molar-refractivity contribution is 7.91. The monoisotopic (exact) mass is 303 g/mol. The van der Waals surface area contributed by atoms with E-state index in [4.69, 9.17) is 0 Å². The van der Waals surface area contributed by atoms with E-state index in [9.17, 15) is 8.42 Å². The molecule has 1 unspecified atom stereocenters. The third-order valence-corrected chi connectivity index (χ3v) is 6.06. The molecule has 21 heavy (non-hydrogen) atoms. The standard InChI is InChI=1S/C17H21NO2S/c1-5-16(15-11-12(2)8-9-13(15)3)21(19,20)17-14(4)7-6-10-18-17/h6-11,16H,5H2,1-4H3. The number of aromatic nitrogens is 1. The van der Waals surface area contributed by atoms with E-state index in [-0.39, 0.29) is 5.03 Å². The van der Waals surface area contributed by atoms with E-state index in [0.29, 0.717) is 12.0 Å². The Balaban J connectivity index is 2.60. The van der Waals surface area contributed by atoms with E-state index in [1.165, 1.54) is 6.20 Å². The Morgan fingerprint density at radius 2 is 1.81 bits per heavy atom.